The summed E-state index contributed by atoms with van der Waals surface area (Å²) in [5, 5.41) is 0. The molecule has 0 saturated heterocycles. The van der Waals surface area contributed by atoms with E-state index in [1.807, 2.05) is 0 Å². The van der Waals surface area contributed by atoms with Gasteiger partial charge in [-0.2, -0.15) is 0 Å². The summed E-state index contributed by atoms with van der Waals surface area (Å²) in [6.45, 7) is 5.12. The van der Waals surface area contributed by atoms with Gasteiger partial charge in [0.25, 0.3) is 0 Å². The van der Waals surface area contributed by atoms with E-state index in [9.17, 15) is 4.79 Å². The number of amides is 1. The van der Waals surface area contributed by atoms with Crippen molar-refractivity contribution in [2.24, 2.45) is 5.84 Å². The van der Waals surface area contributed by atoms with Gasteiger partial charge in [-0.3, -0.25) is 15.1 Å². The second kappa shape index (κ2) is 10.5. The van der Waals surface area contributed by atoms with Gasteiger partial charge in [0.15, 0.2) is 0 Å². The summed E-state index contributed by atoms with van der Waals surface area (Å²) < 4.78 is 10.2. The molecule has 0 rings (SSSR count). The number of hydrogen-bond acceptors (Lipinski definition) is 5. The van der Waals surface area contributed by atoms with Crippen LogP contribution in [0.3, 0.4) is 0 Å². The van der Waals surface area contributed by atoms with Crippen molar-refractivity contribution < 1.29 is 14.3 Å². The van der Waals surface area contributed by atoms with Crippen molar-refractivity contribution in [3.05, 3.63) is 0 Å². The molecule has 0 aromatic carbocycles. The molecular weight excluding hydrogens is 222 g/mol. The van der Waals surface area contributed by atoms with E-state index in [0.29, 0.717) is 25.7 Å². The van der Waals surface area contributed by atoms with Gasteiger partial charge in [-0.05, 0) is 19.9 Å². The fraction of sp³-hybridized carbons (Fsp3) is 0.909. The minimum atomic E-state index is -0.129. The lowest BCUT2D eigenvalue weighted by Crippen LogP contribution is -2.39. The molecule has 0 aliphatic rings. The fourth-order valence-corrected chi connectivity index (χ4v) is 1.62. The standard InChI is InChI=1S/C11H25N3O3/c1-10(9-17-3)14(7-8-16-2)6-4-5-11(15)13-12/h10H,4-9,12H2,1-3H3,(H,13,15). The molecule has 0 fully saturated rings. The maximum atomic E-state index is 11.0. The zero-order valence-electron chi connectivity index (χ0n) is 11.1. The maximum Gasteiger partial charge on any atom is 0.233 e. The van der Waals surface area contributed by atoms with Crippen LogP contribution in [-0.4, -0.2) is 57.4 Å². The summed E-state index contributed by atoms with van der Waals surface area (Å²) in [6.07, 6.45) is 1.22. The Morgan fingerprint density at radius 3 is 2.59 bits per heavy atom. The number of hydrazine groups is 1. The second-order valence-corrected chi connectivity index (χ2v) is 4.00. The first-order valence-electron chi connectivity index (χ1n) is 5.87. The van der Waals surface area contributed by atoms with Gasteiger partial charge in [-0.15, -0.1) is 0 Å². The summed E-state index contributed by atoms with van der Waals surface area (Å²) >= 11 is 0. The quantitative estimate of drug-likeness (QED) is 0.316. The van der Waals surface area contributed by atoms with Gasteiger partial charge in [0, 0.05) is 33.2 Å². The first-order valence-corrected chi connectivity index (χ1v) is 5.87. The van der Waals surface area contributed by atoms with Crippen LogP contribution in [0.5, 0.6) is 0 Å². The summed E-state index contributed by atoms with van der Waals surface area (Å²) in [4.78, 5) is 13.2. The van der Waals surface area contributed by atoms with Crippen molar-refractivity contribution >= 4 is 5.91 Å². The number of nitrogens with two attached hydrogens (primary N) is 1. The minimum Gasteiger partial charge on any atom is -0.383 e. The van der Waals surface area contributed by atoms with E-state index in [4.69, 9.17) is 15.3 Å². The van der Waals surface area contributed by atoms with Gasteiger partial charge in [0.2, 0.25) is 5.91 Å². The Bertz CT molecular complexity index is 202. The summed E-state index contributed by atoms with van der Waals surface area (Å²) in [5.74, 6) is 4.89. The highest BCUT2D eigenvalue weighted by Crippen LogP contribution is 2.03. The molecule has 0 radical (unpaired) electrons. The largest absolute Gasteiger partial charge is 0.383 e. The molecule has 102 valence electrons. The zero-order valence-corrected chi connectivity index (χ0v) is 11.1. The van der Waals surface area contributed by atoms with E-state index in [-0.39, 0.29) is 5.91 Å². The van der Waals surface area contributed by atoms with Crippen LogP contribution in [0.4, 0.5) is 0 Å². The highest BCUT2D eigenvalue weighted by Gasteiger charge is 2.13. The number of hydrogen-bond donors (Lipinski definition) is 2. The molecule has 0 saturated carbocycles. The van der Waals surface area contributed by atoms with E-state index in [2.05, 4.69) is 17.2 Å². The van der Waals surface area contributed by atoms with E-state index in [1.54, 1.807) is 14.2 Å². The van der Waals surface area contributed by atoms with E-state index in [0.717, 1.165) is 19.5 Å². The second-order valence-electron chi connectivity index (χ2n) is 4.00. The zero-order chi connectivity index (χ0) is 13.1. The van der Waals surface area contributed by atoms with Crippen molar-refractivity contribution in [2.75, 3.05) is 40.5 Å². The van der Waals surface area contributed by atoms with Crippen LogP contribution in [0.2, 0.25) is 0 Å². The normalized spacial score (nSPS) is 12.8. The summed E-state index contributed by atoms with van der Waals surface area (Å²) in [7, 11) is 3.37. The van der Waals surface area contributed by atoms with Gasteiger partial charge >= 0.3 is 0 Å². The third-order valence-electron chi connectivity index (χ3n) is 2.62. The Hall–Kier alpha value is -0.690. The van der Waals surface area contributed by atoms with Crippen LogP contribution in [0.15, 0.2) is 0 Å². The van der Waals surface area contributed by atoms with Crippen molar-refractivity contribution in [3.63, 3.8) is 0 Å². The molecular formula is C11H25N3O3. The molecule has 1 atom stereocenters. The molecule has 1 amide bonds. The Labute approximate surface area is 103 Å². The Balaban J connectivity index is 3.95. The highest BCUT2D eigenvalue weighted by atomic mass is 16.5. The highest BCUT2D eigenvalue weighted by molar-refractivity contribution is 5.75. The Kier molecular flexibility index (Phi) is 10.0. The molecule has 6 nitrogen and oxygen atoms in total. The van der Waals surface area contributed by atoms with E-state index in [1.165, 1.54) is 0 Å². The van der Waals surface area contributed by atoms with Crippen molar-refractivity contribution in [3.8, 4) is 0 Å². The van der Waals surface area contributed by atoms with E-state index < -0.39 is 0 Å². The lowest BCUT2D eigenvalue weighted by molar-refractivity contribution is -0.121. The summed E-state index contributed by atoms with van der Waals surface area (Å²) in [6, 6.07) is 0.316. The number of carbonyl (C=O) groups is 1. The van der Waals surface area contributed by atoms with Gasteiger partial charge in [0.1, 0.15) is 0 Å². The molecule has 6 heteroatoms. The number of nitrogens with zero attached hydrogens (tertiary/aromatic N) is 1. The average molecular weight is 247 g/mol. The Morgan fingerprint density at radius 2 is 2.06 bits per heavy atom. The third kappa shape index (κ3) is 8.09. The van der Waals surface area contributed by atoms with Crippen LogP contribution in [0.25, 0.3) is 0 Å². The predicted octanol–water partition coefficient (Wildman–Crippen LogP) is -0.260. The molecule has 3 N–H and O–H groups in total. The topological polar surface area (TPSA) is 76.8 Å². The SMILES string of the molecule is COCCN(CCCC(=O)NN)C(C)COC. The first kappa shape index (κ1) is 16.3. The molecule has 0 heterocycles. The van der Waals surface area contributed by atoms with Crippen LogP contribution in [0, 0.1) is 0 Å². The van der Waals surface area contributed by atoms with Crippen molar-refractivity contribution in [2.45, 2.75) is 25.8 Å². The maximum absolute atomic E-state index is 11.0. The van der Waals surface area contributed by atoms with Crippen LogP contribution < -0.4 is 11.3 Å². The smallest absolute Gasteiger partial charge is 0.233 e. The van der Waals surface area contributed by atoms with Crippen molar-refractivity contribution in [1.82, 2.24) is 10.3 Å². The number of ether oxygens (including phenoxy) is 2. The van der Waals surface area contributed by atoms with Crippen LogP contribution >= 0.6 is 0 Å². The molecule has 0 aliphatic carbocycles. The monoisotopic (exact) mass is 247 g/mol. The molecule has 1 unspecified atom stereocenters. The van der Waals surface area contributed by atoms with Crippen molar-refractivity contribution in [1.29, 1.82) is 0 Å². The lowest BCUT2D eigenvalue weighted by Gasteiger charge is -2.28. The minimum absolute atomic E-state index is 0.129. The lowest BCUT2D eigenvalue weighted by atomic mass is 10.2. The molecule has 0 aromatic rings. The van der Waals surface area contributed by atoms with Gasteiger partial charge in [-0.1, -0.05) is 0 Å². The van der Waals surface area contributed by atoms with Gasteiger partial charge in [-0.25, -0.2) is 5.84 Å². The fourth-order valence-electron chi connectivity index (χ4n) is 1.62. The number of carbonyl (C=O) groups excluding carboxylic acids is 1. The van der Waals surface area contributed by atoms with Crippen LogP contribution in [-0.2, 0) is 14.3 Å². The summed E-state index contributed by atoms with van der Waals surface area (Å²) in [5.41, 5.74) is 2.13. The molecule has 0 aromatic heterocycles. The van der Waals surface area contributed by atoms with Crippen LogP contribution in [0.1, 0.15) is 19.8 Å². The first-order chi connectivity index (χ1) is 8.15. The van der Waals surface area contributed by atoms with Gasteiger partial charge in [0.05, 0.1) is 13.2 Å². The van der Waals surface area contributed by atoms with Gasteiger partial charge < -0.3 is 9.47 Å². The molecule has 17 heavy (non-hydrogen) atoms. The predicted molar refractivity (Wildman–Crippen MR) is 66.4 cm³/mol. The molecule has 0 spiro atoms. The average Bonchev–Trinajstić information content (AvgIpc) is 2.33. The third-order valence-corrected chi connectivity index (χ3v) is 2.62. The molecule has 0 aliphatic heterocycles. The number of nitrogens with one attached hydrogen (secondary N) is 1. The number of methoxy groups -OCH3 is 2. The molecule has 0 bridgehead atoms. The Morgan fingerprint density at radius 1 is 1.35 bits per heavy atom. The van der Waals surface area contributed by atoms with E-state index >= 15 is 0 Å². The number of rotatable bonds is 10.